The van der Waals surface area contributed by atoms with E-state index in [2.05, 4.69) is 10.1 Å². The molecular formula is C25H26N2O5S. The third-order valence-electron chi connectivity index (χ3n) is 5.13. The largest absolute Gasteiger partial charge is 0.465 e. The number of carbonyl (C=O) groups is 2. The van der Waals surface area contributed by atoms with E-state index in [9.17, 15) is 18.0 Å². The summed E-state index contributed by atoms with van der Waals surface area (Å²) in [5, 5.41) is 2.70. The maximum absolute atomic E-state index is 13.5. The summed E-state index contributed by atoms with van der Waals surface area (Å²) in [4.78, 5) is 24.6. The number of aryl methyl sites for hydroxylation is 2. The average molecular weight is 467 g/mol. The topological polar surface area (TPSA) is 92.8 Å². The zero-order valence-corrected chi connectivity index (χ0v) is 19.6. The molecule has 3 aromatic carbocycles. The van der Waals surface area contributed by atoms with Crippen molar-refractivity contribution in [3.63, 3.8) is 0 Å². The Bertz CT molecular complexity index is 1240. The molecule has 3 rings (SSSR count). The number of methoxy groups -OCH3 is 1. The molecular weight excluding hydrogens is 440 g/mol. The highest BCUT2D eigenvalue weighted by atomic mass is 32.2. The van der Waals surface area contributed by atoms with E-state index in [4.69, 9.17) is 0 Å². The first-order valence-electron chi connectivity index (χ1n) is 10.4. The molecule has 7 nitrogen and oxygen atoms in total. The molecule has 0 aromatic heterocycles. The molecule has 0 heterocycles. The lowest BCUT2D eigenvalue weighted by atomic mass is 10.1. The van der Waals surface area contributed by atoms with Crippen molar-refractivity contribution in [3.8, 4) is 0 Å². The number of esters is 1. The van der Waals surface area contributed by atoms with Crippen molar-refractivity contribution in [2.45, 2.75) is 25.2 Å². The van der Waals surface area contributed by atoms with Crippen LogP contribution in [0.5, 0.6) is 0 Å². The van der Waals surface area contributed by atoms with Crippen LogP contribution in [-0.2, 0) is 26.0 Å². The number of anilines is 2. The van der Waals surface area contributed by atoms with Crippen LogP contribution < -0.4 is 9.62 Å². The Hall–Kier alpha value is -3.65. The third kappa shape index (κ3) is 5.59. The van der Waals surface area contributed by atoms with Gasteiger partial charge in [0, 0.05) is 5.69 Å². The standard InChI is InChI=1S/C25H26N2O5S/c1-4-19-7-5-6-8-23(19)27(33(30,31)22-15-9-18(2)10-16-22)17-24(28)26-21-13-11-20(12-14-21)25(29)32-3/h5-16H,4,17H2,1-3H3,(H,26,28). The Morgan fingerprint density at radius 1 is 0.939 bits per heavy atom. The SMILES string of the molecule is CCc1ccccc1N(CC(=O)Nc1ccc(C(=O)OC)cc1)S(=O)(=O)c1ccc(C)cc1. The van der Waals surface area contributed by atoms with Gasteiger partial charge in [-0.2, -0.15) is 0 Å². The van der Waals surface area contributed by atoms with E-state index in [1.165, 1.54) is 31.4 Å². The minimum Gasteiger partial charge on any atom is -0.465 e. The highest BCUT2D eigenvalue weighted by Gasteiger charge is 2.28. The molecule has 8 heteroatoms. The Labute approximate surface area is 194 Å². The van der Waals surface area contributed by atoms with Gasteiger partial charge in [-0.15, -0.1) is 0 Å². The van der Waals surface area contributed by atoms with Crippen LogP contribution in [0, 0.1) is 6.92 Å². The van der Waals surface area contributed by atoms with Gasteiger partial charge in [-0.3, -0.25) is 9.10 Å². The summed E-state index contributed by atoms with van der Waals surface area (Å²) in [6.45, 7) is 3.39. The number of carbonyl (C=O) groups excluding carboxylic acids is 2. The number of ether oxygens (including phenoxy) is 1. The summed E-state index contributed by atoms with van der Waals surface area (Å²) in [6, 6.07) is 19.8. The van der Waals surface area contributed by atoms with Gasteiger partial charge in [0.15, 0.2) is 0 Å². The summed E-state index contributed by atoms with van der Waals surface area (Å²) >= 11 is 0. The molecule has 0 bridgehead atoms. The molecule has 0 atom stereocenters. The van der Waals surface area contributed by atoms with Gasteiger partial charge in [0.25, 0.3) is 10.0 Å². The van der Waals surface area contributed by atoms with E-state index in [1.807, 2.05) is 26.0 Å². The van der Waals surface area contributed by atoms with E-state index in [0.29, 0.717) is 23.4 Å². The fourth-order valence-electron chi connectivity index (χ4n) is 3.33. The smallest absolute Gasteiger partial charge is 0.337 e. The molecule has 0 aliphatic rings. The Morgan fingerprint density at radius 3 is 2.18 bits per heavy atom. The average Bonchev–Trinajstić information content (AvgIpc) is 2.82. The zero-order chi connectivity index (χ0) is 24.0. The Kier molecular flexibility index (Phi) is 7.50. The minimum atomic E-state index is -4.00. The number of para-hydroxylation sites is 1. The molecule has 3 aromatic rings. The van der Waals surface area contributed by atoms with E-state index in [1.54, 1.807) is 36.4 Å². The van der Waals surface area contributed by atoms with Gasteiger partial charge in [-0.25, -0.2) is 13.2 Å². The van der Waals surface area contributed by atoms with Crippen LogP contribution in [0.1, 0.15) is 28.4 Å². The number of hydrogen-bond acceptors (Lipinski definition) is 5. The number of benzene rings is 3. The summed E-state index contributed by atoms with van der Waals surface area (Å²) in [5.74, 6) is -0.998. The van der Waals surface area contributed by atoms with Crippen molar-refractivity contribution >= 4 is 33.3 Å². The first kappa shape index (κ1) is 24.0. The van der Waals surface area contributed by atoms with E-state index in [0.717, 1.165) is 15.4 Å². The molecule has 1 N–H and O–H groups in total. The molecule has 0 saturated carbocycles. The Balaban J connectivity index is 1.92. The molecule has 0 saturated heterocycles. The maximum Gasteiger partial charge on any atom is 0.337 e. The van der Waals surface area contributed by atoms with Gasteiger partial charge < -0.3 is 10.1 Å². The van der Waals surface area contributed by atoms with Crippen molar-refractivity contribution in [2.24, 2.45) is 0 Å². The maximum atomic E-state index is 13.5. The number of nitrogens with zero attached hydrogens (tertiary/aromatic N) is 1. The zero-order valence-electron chi connectivity index (χ0n) is 18.7. The van der Waals surface area contributed by atoms with Crippen LogP contribution >= 0.6 is 0 Å². The van der Waals surface area contributed by atoms with Gasteiger partial charge in [0.1, 0.15) is 6.54 Å². The third-order valence-corrected chi connectivity index (χ3v) is 6.90. The van der Waals surface area contributed by atoms with Crippen LogP contribution in [-0.4, -0.2) is 33.9 Å². The van der Waals surface area contributed by atoms with Crippen molar-refractivity contribution < 1.29 is 22.7 Å². The van der Waals surface area contributed by atoms with Crippen molar-refractivity contribution in [1.29, 1.82) is 0 Å². The number of nitrogens with one attached hydrogen (secondary N) is 1. The van der Waals surface area contributed by atoms with Crippen molar-refractivity contribution in [2.75, 3.05) is 23.3 Å². The quantitative estimate of drug-likeness (QED) is 0.503. The summed E-state index contributed by atoms with van der Waals surface area (Å²) in [5.41, 5.74) is 2.97. The molecule has 0 unspecified atom stereocenters. The van der Waals surface area contributed by atoms with Crippen LogP contribution in [0.2, 0.25) is 0 Å². The summed E-state index contributed by atoms with van der Waals surface area (Å²) < 4.78 is 32.9. The lowest BCUT2D eigenvalue weighted by molar-refractivity contribution is -0.114. The number of sulfonamides is 1. The second-order valence-corrected chi connectivity index (χ2v) is 9.29. The van der Waals surface area contributed by atoms with Gasteiger partial charge >= 0.3 is 5.97 Å². The fraction of sp³-hybridized carbons (Fsp3) is 0.200. The lowest BCUT2D eigenvalue weighted by Crippen LogP contribution is -2.38. The molecule has 0 spiro atoms. The summed E-state index contributed by atoms with van der Waals surface area (Å²) in [7, 11) is -2.71. The number of hydrogen-bond donors (Lipinski definition) is 1. The molecule has 0 aliphatic heterocycles. The second kappa shape index (κ2) is 10.3. The van der Waals surface area contributed by atoms with Crippen LogP contribution in [0.3, 0.4) is 0 Å². The first-order chi connectivity index (χ1) is 15.8. The highest BCUT2D eigenvalue weighted by Crippen LogP contribution is 2.28. The van der Waals surface area contributed by atoms with Crippen molar-refractivity contribution in [1.82, 2.24) is 0 Å². The van der Waals surface area contributed by atoms with E-state index in [-0.39, 0.29) is 4.90 Å². The van der Waals surface area contributed by atoms with Gasteiger partial charge in [0.05, 0.1) is 23.3 Å². The predicted octanol–water partition coefficient (Wildman–Crippen LogP) is 4.18. The first-order valence-corrected chi connectivity index (χ1v) is 11.9. The second-order valence-electron chi connectivity index (χ2n) is 7.42. The molecule has 0 radical (unpaired) electrons. The normalized spacial score (nSPS) is 11.0. The molecule has 0 fully saturated rings. The summed E-state index contributed by atoms with van der Waals surface area (Å²) in [6.07, 6.45) is 0.604. The Morgan fingerprint density at radius 2 is 1.58 bits per heavy atom. The molecule has 33 heavy (non-hydrogen) atoms. The van der Waals surface area contributed by atoms with Crippen LogP contribution in [0.15, 0.2) is 77.7 Å². The van der Waals surface area contributed by atoms with Gasteiger partial charge in [-0.05, 0) is 61.4 Å². The van der Waals surface area contributed by atoms with Crippen LogP contribution in [0.4, 0.5) is 11.4 Å². The molecule has 172 valence electrons. The predicted molar refractivity (Wildman–Crippen MR) is 128 cm³/mol. The van der Waals surface area contributed by atoms with Gasteiger partial charge in [0.2, 0.25) is 5.91 Å². The highest BCUT2D eigenvalue weighted by molar-refractivity contribution is 7.92. The fourth-order valence-corrected chi connectivity index (χ4v) is 4.79. The van der Waals surface area contributed by atoms with Crippen LogP contribution in [0.25, 0.3) is 0 Å². The van der Waals surface area contributed by atoms with Gasteiger partial charge in [-0.1, -0.05) is 42.8 Å². The monoisotopic (exact) mass is 466 g/mol. The lowest BCUT2D eigenvalue weighted by Gasteiger charge is -2.26. The van der Waals surface area contributed by atoms with E-state index >= 15 is 0 Å². The van der Waals surface area contributed by atoms with Crippen molar-refractivity contribution in [3.05, 3.63) is 89.5 Å². The molecule has 0 aliphatic carbocycles. The number of rotatable bonds is 8. The minimum absolute atomic E-state index is 0.106. The molecule has 1 amide bonds. The number of amides is 1. The van der Waals surface area contributed by atoms with E-state index < -0.39 is 28.4 Å².